The molecule has 2 aromatic rings. The van der Waals surface area contributed by atoms with Gasteiger partial charge in [-0.1, -0.05) is 41.9 Å². The number of ketones is 1. The van der Waals surface area contributed by atoms with Gasteiger partial charge >= 0.3 is 0 Å². The monoisotopic (exact) mass is 474 g/mol. The first kappa shape index (κ1) is 22.2. The van der Waals surface area contributed by atoms with Crippen LogP contribution < -0.4 is 0 Å². The number of benzene rings is 2. The number of carbonyl (C=O) groups is 2. The fraction of sp³-hybridized carbons (Fsp3) is 0.304. The summed E-state index contributed by atoms with van der Waals surface area (Å²) in [7, 11) is 0. The number of hydrogen-bond acceptors (Lipinski definition) is 4. The number of Topliss-reactive ketones (excluding diaryl/α,β-unsaturated/α-hetero) is 1. The smallest absolute Gasteiger partial charge is 0.295 e. The molecule has 0 saturated carbocycles. The minimum absolute atomic E-state index is 0.0217. The molecule has 7 heteroatoms. The van der Waals surface area contributed by atoms with Crippen molar-refractivity contribution >= 4 is 33.4 Å². The van der Waals surface area contributed by atoms with Crippen molar-refractivity contribution in [2.45, 2.75) is 19.9 Å². The molecule has 0 radical (unpaired) electrons. The minimum Gasteiger partial charge on any atom is -0.507 e. The summed E-state index contributed by atoms with van der Waals surface area (Å²) in [6.07, 6.45) is 0. The lowest BCUT2D eigenvalue weighted by Gasteiger charge is -2.28. The standard InChI is InChI=1S/C23H24BrFN2O3/c1-3-26(4-2)13-14-27-20(15-5-9-17(24)10-6-15)19(22(29)23(27)30)21(28)16-7-11-18(25)12-8-16/h5-12,20,28H,3-4,13-14H2,1-2H3/b21-19-. The summed E-state index contributed by atoms with van der Waals surface area (Å²) in [5.74, 6) is -2.12. The van der Waals surface area contributed by atoms with E-state index in [4.69, 9.17) is 0 Å². The van der Waals surface area contributed by atoms with Gasteiger partial charge in [-0.05, 0) is 55.1 Å². The van der Waals surface area contributed by atoms with Crippen LogP contribution in [0.5, 0.6) is 0 Å². The zero-order valence-electron chi connectivity index (χ0n) is 16.9. The van der Waals surface area contributed by atoms with Gasteiger partial charge in [-0.3, -0.25) is 9.59 Å². The van der Waals surface area contributed by atoms with E-state index in [1.165, 1.54) is 29.2 Å². The second kappa shape index (κ2) is 9.53. The van der Waals surface area contributed by atoms with Gasteiger partial charge in [0.05, 0.1) is 11.6 Å². The highest BCUT2D eigenvalue weighted by atomic mass is 79.9. The zero-order valence-corrected chi connectivity index (χ0v) is 18.5. The molecule has 0 aromatic heterocycles. The number of carbonyl (C=O) groups excluding carboxylic acids is 2. The third kappa shape index (κ3) is 4.47. The summed E-state index contributed by atoms with van der Waals surface area (Å²) >= 11 is 3.40. The summed E-state index contributed by atoms with van der Waals surface area (Å²) in [5.41, 5.74) is 1.04. The van der Waals surface area contributed by atoms with E-state index in [2.05, 4.69) is 20.8 Å². The maximum atomic E-state index is 13.3. The van der Waals surface area contributed by atoms with Crippen LogP contribution in [0.2, 0.25) is 0 Å². The van der Waals surface area contributed by atoms with Crippen molar-refractivity contribution in [2.75, 3.05) is 26.2 Å². The second-order valence-electron chi connectivity index (χ2n) is 7.08. The topological polar surface area (TPSA) is 60.9 Å². The number of likely N-dealkylation sites (tertiary alicyclic amines) is 1. The Kier molecular flexibility index (Phi) is 7.05. The molecule has 0 bridgehead atoms. The van der Waals surface area contributed by atoms with Crippen molar-refractivity contribution in [3.63, 3.8) is 0 Å². The van der Waals surface area contributed by atoms with Gasteiger partial charge in [0.15, 0.2) is 0 Å². The lowest BCUT2D eigenvalue weighted by molar-refractivity contribution is -0.140. The molecule has 1 heterocycles. The van der Waals surface area contributed by atoms with Gasteiger partial charge in [0, 0.05) is 23.1 Å². The van der Waals surface area contributed by atoms with E-state index in [9.17, 15) is 19.1 Å². The van der Waals surface area contributed by atoms with Gasteiger partial charge in [-0.25, -0.2) is 4.39 Å². The molecule has 1 fully saturated rings. The van der Waals surface area contributed by atoms with Gasteiger partial charge in [-0.15, -0.1) is 0 Å². The highest BCUT2D eigenvalue weighted by Crippen LogP contribution is 2.39. The van der Waals surface area contributed by atoms with Crippen molar-refractivity contribution in [1.29, 1.82) is 0 Å². The van der Waals surface area contributed by atoms with E-state index in [0.29, 0.717) is 18.7 Å². The van der Waals surface area contributed by atoms with E-state index in [1.54, 1.807) is 0 Å². The first-order valence-corrected chi connectivity index (χ1v) is 10.7. The third-order valence-corrected chi connectivity index (χ3v) is 5.92. The predicted octanol–water partition coefficient (Wildman–Crippen LogP) is 4.35. The Balaban J connectivity index is 2.08. The third-order valence-electron chi connectivity index (χ3n) is 5.39. The minimum atomic E-state index is -0.732. The Morgan fingerprint density at radius 2 is 1.67 bits per heavy atom. The number of aliphatic hydroxyl groups excluding tert-OH is 1. The number of amides is 1. The number of aliphatic hydroxyl groups is 1. The molecule has 0 spiro atoms. The van der Waals surface area contributed by atoms with Gasteiger partial charge in [-0.2, -0.15) is 0 Å². The van der Waals surface area contributed by atoms with Crippen LogP contribution in [0.1, 0.15) is 31.0 Å². The molecule has 1 unspecified atom stereocenters. The van der Waals surface area contributed by atoms with Gasteiger partial charge in [0.1, 0.15) is 11.6 Å². The highest BCUT2D eigenvalue weighted by molar-refractivity contribution is 9.10. The van der Waals surface area contributed by atoms with Crippen LogP contribution in [0.15, 0.2) is 58.6 Å². The molecule has 30 heavy (non-hydrogen) atoms. The summed E-state index contributed by atoms with van der Waals surface area (Å²) in [5, 5.41) is 10.9. The Labute approximate surface area is 183 Å². The molecular weight excluding hydrogens is 451 g/mol. The van der Waals surface area contributed by atoms with Crippen molar-refractivity contribution < 1.29 is 19.1 Å². The molecule has 5 nitrogen and oxygen atoms in total. The number of halogens is 2. The lowest BCUT2D eigenvalue weighted by Crippen LogP contribution is -2.38. The molecule has 1 saturated heterocycles. The van der Waals surface area contributed by atoms with Gasteiger partial charge < -0.3 is 14.9 Å². The van der Waals surface area contributed by atoms with Crippen molar-refractivity contribution in [3.8, 4) is 0 Å². The van der Waals surface area contributed by atoms with E-state index < -0.39 is 23.5 Å². The Bertz CT molecular complexity index is 953. The normalized spacial score (nSPS) is 18.4. The van der Waals surface area contributed by atoms with Gasteiger partial charge in [0.25, 0.3) is 11.7 Å². The van der Waals surface area contributed by atoms with Crippen molar-refractivity contribution in [2.24, 2.45) is 0 Å². The fourth-order valence-electron chi connectivity index (χ4n) is 3.65. The lowest BCUT2D eigenvalue weighted by atomic mass is 9.95. The van der Waals surface area contributed by atoms with E-state index in [1.807, 2.05) is 38.1 Å². The number of nitrogens with zero attached hydrogens (tertiary/aromatic N) is 2. The summed E-state index contributed by atoms with van der Waals surface area (Å²) in [4.78, 5) is 29.5. The summed E-state index contributed by atoms with van der Waals surface area (Å²) in [6.45, 7) is 6.71. The average Bonchev–Trinajstić information content (AvgIpc) is 3.00. The zero-order chi connectivity index (χ0) is 21.8. The predicted molar refractivity (Wildman–Crippen MR) is 117 cm³/mol. The van der Waals surface area contributed by atoms with E-state index >= 15 is 0 Å². The summed E-state index contributed by atoms with van der Waals surface area (Å²) in [6, 6.07) is 11.8. The van der Waals surface area contributed by atoms with Gasteiger partial charge in [0.2, 0.25) is 0 Å². The van der Waals surface area contributed by atoms with E-state index in [0.717, 1.165) is 23.1 Å². The highest BCUT2D eigenvalue weighted by Gasteiger charge is 2.45. The van der Waals surface area contributed by atoms with Crippen molar-refractivity contribution in [3.05, 3.63) is 75.5 Å². The average molecular weight is 475 g/mol. The SMILES string of the molecule is CCN(CC)CCN1C(=O)C(=O)/C(=C(\O)c2ccc(F)cc2)C1c1ccc(Br)cc1. The Hall–Kier alpha value is -2.51. The molecule has 158 valence electrons. The van der Waals surface area contributed by atoms with Crippen LogP contribution in [0.25, 0.3) is 5.76 Å². The molecule has 1 aliphatic heterocycles. The molecule has 0 aliphatic carbocycles. The molecule has 1 atom stereocenters. The van der Waals surface area contributed by atoms with Crippen molar-refractivity contribution in [1.82, 2.24) is 9.80 Å². The van der Waals surface area contributed by atoms with Crippen LogP contribution >= 0.6 is 15.9 Å². The Morgan fingerprint density at radius 3 is 2.23 bits per heavy atom. The number of hydrogen-bond donors (Lipinski definition) is 1. The number of rotatable bonds is 7. The first-order valence-electron chi connectivity index (χ1n) is 9.89. The molecule has 1 amide bonds. The quantitative estimate of drug-likeness (QED) is 0.368. The van der Waals surface area contributed by atoms with Crippen LogP contribution in [-0.4, -0.2) is 52.8 Å². The second-order valence-corrected chi connectivity index (χ2v) is 7.99. The fourth-order valence-corrected chi connectivity index (χ4v) is 3.92. The molecular formula is C23H24BrFN2O3. The van der Waals surface area contributed by atoms with Crippen LogP contribution in [0, 0.1) is 5.82 Å². The maximum absolute atomic E-state index is 13.3. The summed E-state index contributed by atoms with van der Waals surface area (Å²) < 4.78 is 14.2. The van der Waals surface area contributed by atoms with Crippen LogP contribution in [0.4, 0.5) is 4.39 Å². The van der Waals surface area contributed by atoms with Crippen LogP contribution in [-0.2, 0) is 9.59 Å². The van der Waals surface area contributed by atoms with E-state index in [-0.39, 0.29) is 11.3 Å². The first-order chi connectivity index (χ1) is 14.4. The largest absolute Gasteiger partial charge is 0.507 e. The number of likely N-dealkylation sites (N-methyl/N-ethyl adjacent to an activating group) is 1. The molecule has 1 N–H and O–H groups in total. The maximum Gasteiger partial charge on any atom is 0.295 e. The molecule has 3 rings (SSSR count). The van der Waals surface area contributed by atoms with Crippen LogP contribution in [0.3, 0.4) is 0 Å². The molecule has 2 aromatic carbocycles. The molecule has 1 aliphatic rings. The Morgan fingerprint density at radius 1 is 1.07 bits per heavy atom.